The number of halogens is 1. The van der Waals surface area contributed by atoms with E-state index in [4.69, 9.17) is 16.3 Å². The van der Waals surface area contributed by atoms with Crippen molar-refractivity contribution >= 4 is 11.6 Å². The summed E-state index contributed by atoms with van der Waals surface area (Å²) in [5, 5.41) is 14.2. The van der Waals surface area contributed by atoms with Gasteiger partial charge in [0.05, 0.1) is 13.2 Å². The molecule has 0 aliphatic heterocycles. The number of aliphatic hydroxyl groups excluding tert-OH is 1. The zero-order valence-electron chi connectivity index (χ0n) is 12.2. The highest BCUT2D eigenvalue weighted by molar-refractivity contribution is 6.31. The Bertz CT molecular complexity index is 571. The summed E-state index contributed by atoms with van der Waals surface area (Å²) in [6, 6.07) is 15.2. The van der Waals surface area contributed by atoms with Crippen LogP contribution in [0.2, 0.25) is 5.02 Å². The molecule has 0 amide bonds. The minimum Gasteiger partial charge on any atom is -0.497 e. The highest BCUT2D eigenvalue weighted by Gasteiger charge is 2.12. The monoisotopic (exact) mass is 305 g/mol. The Hall–Kier alpha value is -1.55. The number of hydrogen-bond donors (Lipinski definition) is 2. The first kappa shape index (κ1) is 15.8. The maximum atomic E-state index is 10.2. The number of ether oxygens (including phenoxy) is 1. The molecule has 0 bridgehead atoms. The van der Waals surface area contributed by atoms with Gasteiger partial charge in [-0.2, -0.15) is 0 Å². The van der Waals surface area contributed by atoms with Crippen molar-refractivity contribution in [3.63, 3.8) is 0 Å². The summed E-state index contributed by atoms with van der Waals surface area (Å²) in [6.07, 6.45) is -0.569. The number of nitrogens with one attached hydrogen (secondary N) is 1. The first-order chi connectivity index (χ1) is 10.1. The van der Waals surface area contributed by atoms with Gasteiger partial charge in [0.15, 0.2) is 0 Å². The molecule has 2 rings (SSSR count). The molecule has 4 heteroatoms. The summed E-state index contributed by atoms with van der Waals surface area (Å²) in [7, 11) is 1.62. The van der Waals surface area contributed by atoms with Crippen molar-refractivity contribution in [2.75, 3.05) is 13.7 Å². The van der Waals surface area contributed by atoms with Crippen LogP contribution in [-0.2, 0) is 0 Å². The zero-order chi connectivity index (χ0) is 15.2. The molecule has 0 saturated carbocycles. The molecule has 0 aliphatic rings. The van der Waals surface area contributed by atoms with Crippen molar-refractivity contribution < 1.29 is 9.84 Å². The first-order valence-electron chi connectivity index (χ1n) is 6.91. The lowest BCUT2D eigenvalue weighted by Crippen LogP contribution is -2.24. The van der Waals surface area contributed by atoms with Crippen LogP contribution in [0.25, 0.3) is 0 Å². The van der Waals surface area contributed by atoms with Crippen molar-refractivity contribution in [1.82, 2.24) is 5.32 Å². The molecular weight excluding hydrogens is 286 g/mol. The smallest absolute Gasteiger partial charge is 0.118 e. The fourth-order valence-corrected chi connectivity index (χ4v) is 2.47. The number of benzene rings is 2. The average Bonchev–Trinajstić information content (AvgIpc) is 2.52. The van der Waals surface area contributed by atoms with Crippen molar-refractivity contribution in [3.05, 3.63) is 64.7 Å². The largest absolute Gasteiger partial charge is 0.497 e. The van der Waals surface area contributed by atoms with Gasteiger partial charge < -0.3 is 15.2 Å². The van der Waals surface area contributed by atoms with Crippen molar-refractivity contribution in [2.24, 2.45) is 0 Å². The predicted octanol–water partition coefficient (Wildman–Crippen LogP) is 3.73. The van der Waals surface area contributed by atoms with E-state index < -0.39 is 6.10 Å². The van der Waals surface area contributed by atoms with Crippen LogP contribution in [0.3, 0.4) is 0 Å². The number of aliphatic hydroxyl groups is 1. The third kappa shape index (κ3) is 4.21. The van der Waals surface area contributed by atoms with Crippen molar-refractivity contribution in [1.29, 1.82) is 0 Å². The average molecular weight is 306 g/mol. The molecule has 2 atom stereocenters. The summed E-state index contributed by atoms with van der Waals surface area (Å²) in [5.74, 6) is 0.781. The van der Waals surface area contributed by atoms with E-state index in [1.807, 2.05) is 55.5 Å². The van der Waals surface area contributed by atoms with Crippen LogP contribution < -0.4 is 10.1 Å². The molecule has 0 spiro atoms. The van der Waals surface area contributed by atoms with E-state index in [-0.39, 0.29) is 6.04 Å². The Kier molecular flexibility index (Phi) is 5.62. The van der Waals surface area contributed by atoms with Crippen LogP contribution in [0, 0.1) is 0 Å². The fraction of sp³-hybridized carbons (Fsp3) is 0.294. The lowest BCUT2D eigenvalue weighted by molar-refractivity contribution is 0.170. The van der Waals surface area contributed by atoms with Gasteiger partial charge in [0.25, 0.3) is 0 Å². The van der Waals surface area contributed by atoms with E-state index in [2.05, 4.69) is 5.32 Å². The number of hydrogen-bond acceptors (Lipinski definition) is 3. The van der Waals surface area contributed by atoms with E-state index in [0.29, 0.717) is 6.54 Å². The molecule has 0 aliphatic carbocycles. The summed E-state index contributed by atoms with van der Waals surface area (Å²) in [4.78, 5) is 0. The normalized spacial score (nSPS) is 13.7. The lowest BCUT2D eigenvalue weighted by Gasteiger charge is -2.19. The summed E-state index contributed by atoms with van der Waals surface area (Å²) < 4.78 is 5.11. The Balaban J connectivity index is 1.94. The summed E-state index contributed by atoms with van der Waals surface area (Å²) in [6.45, 7) is 2.49. The molecule has 0 radical (unpaired) electrons. The minimum absolute atomic E-state index is 0.0756. The van der Waals surface area contributed by atoms with E-state index in [0.717, 1.165) is 21.9 Å². The Morgan fingerprint density at radius 3 is 2.43 bits per heavy atom. The Labute approximate surface area is 130 Å². The van der Waals surface area contributed by atoms with E-state index >= 15 is 0 Å². The topological polar surface area (TPSA) is 41.5 Å². The summed E-state index contributed by atoms with van der Waals surface area (Å²) >= 11 is 6.17. The van der Waals surface area contributed by atoms with Gasteiger partial charge >= 0.3 is 0 Å². The highest BCUT2D eigenvalue weighted by atomic mass is 35.5. The maximum absolute atomic E-state index is 10.2. The SMILES string of the molecule is COc1ccc(C(O)CN[C@H](C)c2ccccc2Cl)cc1. The minimum atomic E-state index is -0.569. The molecule has 0 heterocycles. The molecule has 2 aromatic rings. The molecular formula is C17H20ClNO2. The maximum Gasteiger partial charge on any atom is 0.118 e. The second-order valence-corrected chi connectivity index (χ2v) is 5.35. The highest BCUT2D eigenvalue weighted by Crippen LogP contribution is 2.23. The number of methoxy groups -OCH3 is 1. The second-order valence-electron chi connectivity index (χ2n) is 4.94. The molecule has 21 heavy (non-hydrogen) atoms. The van der Waals surface area contributed by atoms with Crippen LogP contribution in [0.4, 0.5) is 0 Å². The van der Waals surface area contributed by atoms with Gasteiger partial charge in [-0.25, -0.2) is 0 Å². The summed E-state index contributed by atoms with van der Waals surface area (Å²) in [5.41, 5.74) is 1.88. The van der Waals surface area contributed by atoms with Gasteiger partial charge in [-0.1, -0.05) is 41.9 Å². The number of rotatable bonds is 6. The van der Waals surface area contributed by atoms with Gasteiger partial charge in [-0.05, 0) is 36.2 Å². The van der Waals surface area contributed by atoms with Crippen molar-refractivity contribution in [3.8, 4) is 5.75 Å². The van der Waals surface area contributed by atoms with E-state index in [1.54, 1.807) is 7.11 Å². The third-order valence-corrected chi connectivity index (χ3v) is 3.83. The lowest BCUT2D eigenvalue weighted by atomic mass is 10.1. The van der Waals surface area contributed by atoms with Gasteiger partial charge in [-0.3, -0.25) is 0 Å². The fourth-order valence-electron chi connectivity index (χ4n) is 2.17. The van der Waals surface area contributed by atoms with Crippen LogP contribution >= 0.6 is 11.6 Å². The molecule has 112 valence electrons. The molecule has 0 fully saturated rings. The molecule has 2 N–H and O–H groups in total. The Morgan fingerprint density at radius 1 is 1.14 bits per heavy atom. The van der Waals surface area contributed by atoms with Crippen LogP contribution in [-0.4, -0.2) is 18.8 Å². The van der Waals surface area contributed by atoms with Crippen LogP contribution in [0.15, 0.2) is 48.5 Å². The van der Waals surface area contributed by atoms with Crippen LogP contribution in [0.1, 0.15) is 30.2 Å². The van der Waals surface area contributed by atoms with Gasteiger partial charge in [-0.15, -0.1) is 0 Å². The quantitative estimate of drug-likeness (QED) is 0.854. The van der Waals surface area contributed by atoms with E-state index in [9.17, 15) is 5.11 Å². The molecule has 3 nitrogen and oxygen atoms in total. The van der Waals surface area contributed by atoms with Gasteiger partial charge in [0.2, 0.25) is 0 Å². The molecule has 0 aromatic heterocycles. The first-order valence-corrected chi connectivity index (χ1v) is 7.29. The standard InChI is InChI=1S/C17H20ClNO2/c1-12(15-5-3-4-6-16(15)18)19-11-17(20)13-7-9-14(21-2)10-8-13/h3-10,12,17,19-20H,11H2,1-2H3/t12-,17?/m1/s1. The molecule has 1 unspecified atom stereocenters. The molecule has 2 aromatic carbocycles. The zero-order valence-corrected chi connectivity index (χ0v) is 13.0. The van der Waals surface area contributed by atoms with Gasteiger partial charge in [0.1, 0.15) is 5.75 Å². The Morgan fingerprint density at radius 2 is 1.81 bits per heavy atom. The van der Waals surface area contributed by atoms with E-state index in [1.165, 1.54) is 0 Å². The van der Waals surface area contributed by atoms with Crippen molar-refractivity contribution in [2.45, 2.75) is 19.1 Å². The third-order valence-electron chi connectivity index (χ3n) is 3.49. The van der Waals surface area contributed by atoms with Gasteiger partial charge in [0, 0.05) is 17.6 Å². The second kappa shape index (κ2) is 7.46. The predicted molar refractivity (Wildman–Crippen MR) is 85.8 cm³/mol. The van der Waals surface area contributed by atoms with Crippen LogP contribution in [0.5, 0.6) is 5.75 Å². The molecule has 0 saturated heterocycles.